The number of benzene rings is 2. The number of hydrogen-bond donors (Lipinski definition) is 3. The highest BCUT2D eigenvalue weighted by molar-refractivity contribution is 7.80. The second-order valence-electron chi connectivity index (χ2n) is 6.00. The molecule has 1 heterocycles. The fourth-order valence-electron chi connectivity index (χ4n) is 2.40. The molecule has 0 aliphatic heterocycles. The maximum Gasteiger partial charge on any atom is 0.172 e. The number of anilines is 1. The van der Waals surface area contributed by atoms with Gasteiger partial charge in [-0.3, -0.25) is 4.98 Å². The third-order valence-corrected chi connectivity index (χ3v) is 4.35. The van der Waals surface area contributed by atoms with Gasteiger partial charge in [0.15, 0.2) is 16.7 Å². The Morgan fingerprint density at radius 3 is 2.42 bits per heavy atom. The molecule has 5 nitrogen and oxygen atoms in total. The van der Waals surface area contributed by atoms with Crippen molar-refractivity contribution in [3.63, 3.8) is 0 Å². The van der Waals surface area contributed by atoms with E-state index in [1.807, 2.05) is 32.0 Å². The smallest absolute Gasteiger partial charge is 0.172 e. The number of phenols is 1. The molecule has 3 aromatic rings. The van der Waals surface area contributed by atoms with E-state index in [4.69, 9.17) is 35.4 Å². The molecule has 0 saturated heterocycles. The van der Waals surface area contributed by atoms with Crippen LogP contribution < -0.4 is 10.6 Å². The van der Waals surface area contributed by atoms with E-state index in [1.54, 1.807) is 18.3 Å². The maximum atomic E-state index is 9.72. The Bertz CT molecular complexity index is 971. The molecule has 0 fully saturated rings. The van der Waals surface area contributed by atoms with Crippen LogP contribution in [0.5, 0.6) is 5.75 Å². The highest BCUT2D eigenvalue weighted by atomic mass is 35.5. The number of aromatic nitrogens is 2. The van der Waals surface area contributed by atoms with Crippen LogP contribution in [0.1, 0.15) is 13.8 Å². The third kappa shape index (κ3) is 4.15. The first kappa shape index (κ1) is 18.6. The van der Waals surface area contributed by atoms with E-state index in [2.05, 4.69) is 20.6 Å². The van der Waals surface area contributed by atoms with E-state index in [0.29, 0.717) is 16.4 Å². The van der Waals surface area contributed by atoms with Crippen LogP contribution in [0.25, 0.3) is 22.2 Å². The van der Waals surface area contributed by atoms with Crippen molar-refractivity contribution in [2.45, 2.75) is 19.9 Å². The molecule has 0 unspecified atom stereocenters. The van der Waals surface area contributed by atoms with Gasteiger partial charge in [0.1, 0.15) is 0 Å². The Hall–Kier alpha value is -2.15. The zero-order valence-electron chi connectivity index (χ0n) is 14.0. The summed E-state index contributed by atoms with van der Waals surface area (Å²) in [6.07, 6.45) is 1.63. The number of nitrogens with one attached hydrogen (secondary N) is 2. The predicted molar refractivity (Wildman–Crippen MR) is 111 cm³/mol. The summed E-state index contributed by atoms with van der Waals surface area (Å²) >= 11 is 17.3. The van der Waals surface area contributed by atoms with Gasteiger partial charge in [-0.2, -0.15) is 0 Å². The van der Waals surface area contributed by atoms with Crippen LogP contribution in [0.2, 0.25) is 10.0 Å². The zero-order valence-corrected chi connectivity index (χ0v) is 16.4. The van der Waals surface area contributed by atoms with Crippen molar-refractivity contribution in [3.05, 3.63) is 46.6 Å². The van der Waals surface area contributed by atoms with Gasteiger partial charge in [-0.25, -0.2) is 4.98 Å². The number of nitrogens with zero attached hydrogens (tertiary/aromatic N) is 2. The van der Waals surface area contributed by atoms with Crippen molar-refractivity contribution < 1.29 is 5.11 Å². The van der Waals surface area contributed by atoms with E-state index >= 15 is 0 Å². The molecule has 0 amide bonds. The molecular formula is C18H16Cl2N4OS. The molecular weight excluding hydrogens is 391 g/mol. The van der Waals surface area contributed by atoms with Crippen molar-refractivity contribution in [2.75, 3.05) is 5.32 Å². The number of aromatic hydroxyl groups is 1. The monoisotopic (exact) mass is 406 g/mol. The minimum Gasteiger partial charge on any atom is -0.505 e. The van der Waals surface area contributed by atoms with Gasteiger partial charge in [-0.05, 0) is 61.5 Å². The fourth-order valence-corrected chi connectivity index (χ4v) is 3.23. The van der Waals surface area contributed by atoms with Gasteiger partial charge in [0.2, 0.25) is 0 Å². The lowest BCUT2D eigenvalue weighted by molar-refractivity contribution is 0.476. The molecule has 0 saturated carbocycles. The maximum absolute atomic E-state index is 9.72. The van der Waals surface area contributed by atoms with Crippen LogP contribution in [0.4, 0.5) is 5.82 Å². The average molecular weight is 407 g/mol. The van der Waals surface area contributed by atoms with Gasteiger partial charge in [0, 0.05) is 6.04 Å². The molecule has 0 bridgehead atoms. The third-order valence-electron chi connectivity index (χ3n) is 3.55. The first-order valence-electron chi connectivity index (χ1n) is 7.86. The number of rotatable bonds is 3. The second kappa shape index (κ2) is 7.61. The van der Waals surface area contributed by atoms with E-state index in [0.717, 1.165) is 16.6 Å². The molecule has 0 aliphatic rings. The Morgan fingerprint density at radius 2 is 1.77 bits per heavy atom. The molecule has 3 N–H and O–H groups in total. The molecule has 0 radical (unpaired) electrons. The van der Waals surface area contributed by atoms with Crippen molar-refractivity contribution in [1.82, 2.24) is 15.3 Å². The molecule has 3 rings (SSSR count). The summed E-state index contributed by atoms with van der Waals surface area (Å²) in [6, 6.07) is 9.17. The summed E-state index contributed by atoms with van der Waals surface area (Å²) < 4.78 is 0. The van der Waals surface area contributed by atoms with Gasteiger partial charge in [0.05, 0.1) is 27.3 Å². The molecule has 26 heavy (non-hydrogen) atoms. The minimum atomic E-state index is -0.129. The molecule has 0 spiro atoms. The summed E-state index contributed by atoms with van der Waals surface area (Å²) in [5, 5.41) is 16.7. The lowest BCUT2D eigenvalue weighted by atomic mass is 10.0. The molecule has 0 aliphatic carbocycles. The number of halogens is 2. The normalized spacial score (nSPS) is 11.0. The highest BCUT2D eigenvalue weighted by Gasteiger charge is 2.10. The van der Waals surface area contributed by atoms with E-state index < -0.39 is 0 Å². The van der Waals surface area contributed by atoms with Gasteiger partial charge in [-0.1, -0.05) is 29.3 Å². The van der Waals surface area contributed by atoms with Crippen molar-refractivity contribution in [1.29, 1.82) is 0 Å². The second-order valence-corrected chi connectivity index (χ2v) is 7.22. The molecule has 8 heteroatoms. The number of thiocarbonyl (C=S) groups is 1. The summed E-state index contributed by atoms with van der Waals surface area (Å²) in [5.74, 6) is 0.421. The van der Waals surface area contributed by atoms with Crippen LogP contribution in [0.15, 0.2) is 36.5 Å². The van der Waals surface area contributed by atoms with Crippen molar-refractivity contribution in [3.8, 4) is 16.9 Å². The lowest BCUT2D eigenvalue weighted by Crippen LogP contribution is -2.34. The summed E-state index contributed by atoms with van der Waals surface area (Å²) in [6.45, 7) is 4.00. The van der Waals surface area contributed by atoms with Gasteiger partial charge >= 0.3 is 0 Å². The van der Waals surface area contributed by atoms with Crippen LogP contribution in [0, 0.1) is 0 Å². The first-order chi connectivity index (χ1) is 12.3. The minimum absolute atomic E-state index is 0.129. The summed E-state index contributed by atoms with van der Waals surface area (Å²) in [5.41, 5.74) is 3.07. The van der Waals surface area contributed by atoms with Gasteiger partial charge < -0.3 is 15.7 Å². The summed E-state index contributed by atoms with van der Waals surface area (Å²) in [7, 11) is 0. The van der Waals surface area contributed by atoms with Gasteiger partial charge in [0.25, 0.3) is 0 Å². The van der Waals surface area contributed by atoms with E-state index in [-0.39, 0.29) is 21.8 Å². The van der Waals surface area contributed by atoms with E-state index in [9.17, 15) is 5.11 Å². The molecule has 1 aromatic heterocycles. The quantitative estimate of drug-likeness (QED) is 0.531. The van der Waals surface area contributed by atoms with Crippen molar-refractivity contribution in [2.24, 2.45) is 0 Å². The summed E-state index contributed by atoms with van der Waals surface area (Å²) in [4.78, 5) is 8.95. The largest absolute Gasteiger partial charge is 0.505 e. The first-order valence-corrected chi connectivity index (χ1v) is 9.02. The lowest BCUT2D eigenvalue weighted by Gasteiger charge is -2.12. The highest BCUT2D eigenvalue weighted by Crippen LogP contribution is 2.36. The Balaban J connectivity index is 1.96. The topological polar surface area (TPSA) is 70.1 Å². The van der Waals surface area contributed by atoms with Gasteiger partial charge in [-0.15, -0.1) is 0 Å². The van der Waals surface area contributed by atoms with E-state index in [1.165, 1.54) is 0 Å². The molecule has 134 valence electrons. The SMILES string of the molecule is CC(C)NC(=S)Nc1cnc2ccc(-c3cc(Cl)c(O)c(Cl)c3)cc2n1. The van der Waals surface area contributed by atoms with Crippen molar-refractivity contribution >= 4 is 57.4 Å². The van der Waals surface area contributed by atoms with Crippen LogP contribution in [0.3, 0.4) is 0 Å². The Kier molecular flexibility index (Phi) is 5.46. The molecule has 2 aromatic carbocycles. The number of hydrogen-bond acceptors (Lipinski definition) is 4. The number of fused-ring (bicyclic) bond motifs is 1. The van der Waals surface area contributed by atoms with Crippen LogP contribution in [-0.2, 0) is 0 Å². The average Bonchev–Trinajstić information content (AvgIpc) is 2.57. The zero-order chi connectivity index (χ0) is 18.8. The fraction of sp³-hybridized carbons (Fsp3) is 0.167. The number of phenolic OH excluding ortho intramolecular Hbond substituents is 1. The standard InChI is InChI=1S/C18H16Cl2N4OS/c1-9(2)22-18(26)24-16-8-21-14-4-3-10(7-15(14)23-16)11-5-12(19)17(25)13(20)6-11/h3-9,25H,1-2H3,(H2,22,23,24,26). The predicted octanol–water partition coefficient (Wildman–Crippen LogP) is 5.00. The Morgan fingerprint density at radius 1 is 1.08 bits per heavy atom. The molecule has 0 atom stereocenters. The Labute approximate surface area is 166 Å². The van der Waals surface area contributed by atoms with Crippen LogP contribution in [-0.4, -0.2) is 26.2 Å². The van der Waals surface area contributed by atoms with Crippen LogP contribution >= 0.6 is 35.4 Å².